The fourth-order valence-electron chi connectivity index (χ4n) is 3.73. The molecule has 1 amide bonds. The summed E-state index contributed by atoms with van der Waals surface area (Å²) in [6, 6.07) is 0. The van der Waals surface area contributed by atoms with Gasteiger partial charge in [0.15, 0.2) is 0 Å². The van der Waals surface area contributed by atoms with E-state index in [0.29, 0.717) is 18.4 Å². The second kappa shape index (κ2) is 3.47. The molecule has 0 aromatic carbocycles. The van der Waals surface area contributed by atoms with Gasteiger partial charge in [-0.2, -0.15) is 0 Å². The SMILES string of the molecule is CCCNC(=O)C1C2CC3OC(=O)C1C3C2. The monoisotopic (exact) mass is 223 g/mol. The van der Waals surface area contributed by atoms with E-state index in [1.807, 2.05) is 6.92 Å². The molecule has 2 bridgehead atoms. The van der Waals surface area contributed by atoms with Crippen LogP contribution in [0.25, 0.3) is 0 Å². The minimum absolute atomic E-state index is 0.0663. The molecule has 1 heterocycles. The smallest absolute Gasteiger partial charge is 0.310 e. The third kappa shape index (κ3) is 1.22. The molecule has 5 unspecified atom stereocenters. The topological polar surface area (TPSA) is 55.4 Å². The van der Waals surface area contributed by atoms with Gasteiger partial charge in [0.05, 0.1) is 11.8 Å². The second-order valence-electron chi connectivity index (χ2n) is 5.21. The summed E-state index contributed by atoms with van der Waals surface area (Å²) in [5.41, 5.74) is 0. The van der Waals surface area contributed by atoms with Crippen LogP contribution >= 0.6 is 0 Å². The molecule has 0 aromatic rings. The van der Waals surface area contributed by atoms with E-state index in [1.54, 1.807) is 0 Å². The molecule has 88 valence electrons. The van der Waals surface area contributed by atoms with E-state index in [9.17, 15) is 9.59 Å². The van der Waals surface area contributed by atoms with E-state index in [4.69, 9.17) is 4.74 Å². The number of nitrogens with one attached hydrogen (secondary N) is 1. The van der Waals surface area contributed by atoms with Crippen LogP contribution in [0.5, 0.6) is 0 Å². The van der Waals surface area contributed by atoms with Crippen LogP contribution < -0.4 is 5.32 Å². The summed E-state index contributed by atoms with van der Waals surface area (Å²) >= 11 is 0. The Balaban J connectivity index is 1.77. The highest BCUT2D eigenvalue weighted by molar-refractivity contribution is 5.88. The maximum absolute atomic E-state index is 12.0. The number of hydrogen-bond donors (Lipinski definition) is 1. The molecule has 4 nitrogen and oxygen atoms in total. The number of rotatable bonds is 3. The Kier molecular flexibility index (Phi) is 2.19. The van der Waals surface area contributed by atoms with Crippen LogP contribution in [0, 0.1) is 23.7 Å². The normalized spacial score (nSPS) is 43.6. The number of carbonyl (C=O) groups excluding carboxylic acids is 2. The molecule has 0 radical (unpaired) electrons. The standard InChI is InChI=1S/C12H17NO3/c1-2-3-13-11(14)9-6-4-7-8(5-6)16-12(15)10(7)9/h6-10H,2-5H2,1H3,(H,13,14). The highest BCUT2D eigenvalue weighted by Crippen LogP contribution is 2.57. The zero-order chi connectivity index (χ0) is 11.3. The molecule has 3 fully saturated rings. The Morgan fingerprint density at radius 1 is 1.50 bits per heavy atom. The molecule has 0 spiro atoms. The van der Waals surface area contributed by atoms with Crippen molar-refractivity contribution in [3.63, 3.8) is 0 Å². The number of hydrogen-bond acceptors (Lipinski definition) is 3. The largest absolute Gasteiger partial charge is 0.462 e. The summed E-state index contributed by atoms with van der Waals surface area (Å²) in [7, 11) is 0. The van der Waals surface area contributed by atoms with Gasteiger partial charge in [0, 0.05) is 12.5 Å². The molecular weight excluding hydrogens is 206 g/mol. The lowest BCUT2D eigenvalue weighted by Crippen LogP contribution is -2.40. The maximum Gasteiger partial charge on any atom is 0.310 e. The first-order chi connectivity index (χ1) is 7.72. The van der Waals surface area contributed by atoms with Crippen molar-refractivity contribution in [3.05, 3.63) is 0 Å². The van der Waals surface area contributed by atoms with Crippen LogP contribution in [0.3, 0.4) is 0 Å². The second-order valence-corrected chi connectivity index (χ2v) is 5.21. The van der Waals surface area contributed by atoms with E-state index in [-0.39, 0.29) is 29.8 Å². The van der Waals surface area contributed by atoms with Gasteiger partial charge in [-0.05, 0) is 25.2 Å². The van der Waals surface area contributed by atoms with E-state index < -0.39 is 0 Å². The third-order valence-electron chi connectivity index (χ3n) is 4.34. The van der Waals surface area contributed by atoms with Crippen LogP contribution in [-0.2, 0) is 14.3 Å². The fourth-order valence-corrected chi connectivity index (χ4v) is 3.73. The predicted octanol–water partition coefficient (Wildman–Crippen LogP) is 0.710. The molecule has 16 heavy (non-hydrogen) atoms. The van der Waals surface area contributed by atoms with Crippen molar-refractivity contribution in [1.29, 1.82) is 0 Å². The summed E-state index contributed by atoms with van der Waals surface area (Å²) in [6.45, 7) is 2.73. The predicted molar refractivity (Wildman–Crippen MR) is 56.4 cm³/mol. The molecule has 3 rings (SSSR count). The van der Waals surface area contributed by atoms with Crippen LogP contribution in [0.2, 0.25) is 0 Å². The lowest BCUT2D eigenvalue weighted by atomic mass is 9.79. The maximum atomic E-state index is 12.0. The van der Waals surface area contributed by atoms with Gasteiger partial charge in [-0.1, -0.05) is 6.92 Å². The van der Waals surface area contributed by atoms with Crippen molar-refractivity contribution in [1.82, 2.24) is 5.32 Å². The Hall–Kier alpha value is -1.06. The van der Waals surface area contributed by atoms with Gasteiger partial charge in [0.1, 0.15) is 6.10 Å². The quantitative estimate of drug-likeness (QED) is 0.717. The molecule has 4 heteroatoms. The van der Waals surface area contributed by atoms with Crippen molar-refractivity contribution >= 4 is 11.9 Å². The zero-order valence-corrected chi connectivity index (χ0v) is 9.44. The molecule has 1 N–H and O–H groups in total. The first kappa shape index (κ1) is 10.1. The Labute approximate surface area is 94.7 Å². The number of fused-ring (bicyclic) bond motifs is 1. The highest BCUT2D eigenvalue weighted by Gasteiger charge is 2.63. The molecule has 5 atom stereocenters. The van der Waals surface area contributed by atoms with Gasteiger partial charge in [0.25, 0.3) is 0 Å². The van der Waals surface area contributed by atoms with Crippen molar-refractivity contribution in [2.45, 2.75) is 32.3 Å². The highest BCUT2D eigenvalue weighted by atomic mass is 16.6. The van der Waals surface area contributed by atoms with Crippen molar-refractivity contribution in [2.24, 2.45) is 23.7 Å². The van der Waals surface area contributed by atoms with E-state index in [1.165, 1.54) is 0 Å². The lowest BCUT2D eigenvalue weighted by Gasteiger charge is -2.23. The van der Waals surface area contributed by atoms with Gasteiger partial charge < -0.3 is 10.1 Å². The van der Waals surface area contributed by atoms with Gasteiger partial charge in [-0.3, -0.25) is 9.59 Å². The lowest BCUT2D eigenvalue weighted by molar-refractivity contribution is -0.146. The van der Waals surface area contributed by atoms with Crippen LogP contribution in [-0.4, -0.2) is 24.5 Å². The molecule has 0 aromatic heterocycles. The molecule has 2 aliphatic carbocycles. The first-order valence-corrected chi connectivity index (χ1v) is 6.20. The number of ether oxygens (including phenoxy) is 1. The number of carbonyl (C=O) groups is 2. The number of amides is 1. The molecule has 3 aliphatic rings. The summed E-state index contributed by atoms with van der Waals surface area (Å²) in [6.07, 6.45) is 2.96. The van der Waals surface area contributed by atoms with E-state index in [0.717, 1.165) is 19.3 Å². The van der Waals surface area contributed by atoms with Crippen molar-refractivity contribution in [3.8, 4) is 0 Å². The number of esters is 1. The Morgan fingerprint density at radius 2 is 2.31 bits per heavy atom. The van der Waals surface area contributed by atoms with E-state index in [2.05, 4.69) is 5.32 Å². The average molecular weight is 223 g/mol. The Morgan fingerprint density at radius 3 is 3.06 bits per heavy atom. The van der Waals surface area contributed by atoms with Gasteiger partial charge in [-0.25, -0.2) is 0 Å². The van der Waals surface area contributed by atoms with Crippen molar-refractivity contribution < 1.29 is 14.3 Å². The summed E-state index contributed by atoms with van der Waals surface area (Å²) < 4.78 is 5.31. The van der Waals surface area contributed by atoms with Crippen LogP contribution in [0.4, 0.5) is 0 Å². The molecular formula is C12H17NO3. The Bertz CT molecular complexity index is 339. The van der Waals surface area contributed by atoms with Crippen LogP contribution in [0.15, 0.2) is 0 Å². The van der Waals surface area contributed by atoms with E-state index >= 15 is 0 Å². The minimum atomic E-state index is -0.138. The zero-order valence-electron chi connectivity index (χ0n) is 9.44. The van der Waals surface area contributed by atoms with Gasteiger partial charge in [0.2, 0.25) is 5.91 Å². The molecule has 2 saturated carbocycles. The average Bonchev–Trinajstić information content (AvgIpc) is 2.85. The first-order valence-electron chi connectivity index (χ1n) is 6.20. The van der Waals surface area contributed by atoms with Gasteiger partial charge >= 0.3 is 5.97 Å². The summed E-state index contributed by atoms with van der Waals surface area (Å²) in [5, 5.41) is 2.92. The van der Waals surface area contributed by atoms with Gasteiger partial charge in [-0.15, -0.1) is 0 Å². The molecule has 1 aliphatic heterocycles. The summed E-state index contributed by atoms with van der Waals surface area (Å²) in [4.78, 5) is 23.7. The van der Waals surface area contributed by atoms with Crippen molar-refractivity contribution in [2.75, 3.05) is 6.54 Å². The van der Waals surface area contributed by atoms with Crippen LogP contribution in [0.1, 0.15) is 26.2 Å². The summed E-state index contributed by atoms with van der Waals surface area (Å²) in [5.74, 6) is 0.393. The molecule has 1 saturated heterocycles. The fraction of sp³-hybridized carbons (Fsp3) is 0.833. The minimum Gasteiger partial charge on any atom is -0.462 e. The third-order valence-corrected chi connectivity index (χ3v) is 4.34.